The highest BCUT2D eigenvalue weighted by atomic mass is 15.3. The van der Waals surface area contributed by atoms with Crippen LogP contribution in [0.2, 0.25) is 0 Å². The van der Waals surface area contributed by atoms with Gasteiger partial charge in [0.2, 0.25) is 12.7 Å². The molecule has 0 amide bonds. The molecule has 2 heterocycles. The highest BCUT2D eigenvalue weighted by molar-refractivity contribution is 4.67. The Kier molecular flexibility index (Phi) is 10.2. The molecule has 31 heavy (non-hydrogen) atoms. The molecule has 0 aliphatic heterocycles. The Hall–Kier alpha value is -1.66. The van der Waals surface area contributed by atoms with E-state index >= 15 is 0 Å². The maximum absolute atomic E-state index is 2.34. The summed E-state index contributed by atoms with van der Waals surface area (Å²) in [7, 11) is 13.6. The first-order chi connectivity index (χ1) is 14.6. The number of aromatic nitrogens is 4. The van der Waals surface area contributed by atoms with Gasteiger partial charge in [-0.15, -0.1) is 0 Å². The minimum absolute atomic E-state index is 1.07. The molecule has 0 aliphatic carbocycles. The highest BCUT2D eigenvalue weighted by Crippen LogP contribution is 2.03. The third-order valence-corrected chi connectivity index (χ3v) is 5.82. The van der Waals surface area contributed by atoms with E-state index < -0.39 is 0 Å². The fourth-order valence-electron chi connectivity index (χ4n) is 3.96. The summed E-state index contributed by atoms with van der Waals surface area (Å²) < 4.78 is 11.5. The molecule has 0 spiro atoms. The van der Waals surface area contributed by atoms with Gasteiger partial charge in [-0.3, -0.25) is 0 Å². The second-order valence-corrected chi connectivity index (χ2v) is 11.3. The molecule has 0 fully saturated rings. The van der Waals surface area contributed by atoms with E-state index in [1.165, 1.54) is 51.6 Å². The highest BCUT2D eigenvalue weighted by Gasteiger charge is 2.09. The maximum Gasteiger partial charge on any atom is 0.243 e. The number of imidazole rings is 2. The number of hydrogen-bond donors (Lipinski definition) is 0. The van der Waals surface area contributed by atoms with Gasteiger partial charge >= 0.3 is 0 Å². The van der Waals surface area contributed by atoms with E-state index in [1.54, 1.807) is 0 Å². The number of aryl methyl sites for hydroxylation is 4. The fraction of sp³-hybridized carbons (Fsp3) is 0.760. The number of unbranched alkanes of at least 4 members (excludes halogenated alkanes) is 4. The van der Waals surface area contributed by atoms with Gasteiger partial charge < -0.3 is 8.97 Å². The molecule has 0 radical (unpaired) electrons. The van der Waals surface area contributed by atoms with Gasteiger partial charge in [-0.25, -0.2) is 18.3 Å². The van der Waals surface area contributed by atoms with Crippen LogP contribution in [0.1, 0.15) is 44.9 Å². The van der Waals surface area contributed by atoms with Crippen LogP contribution in [0.15, 0.2) is 37.4 Å². The van der Waals surface area contributed by atoms with Crippen LogP contribution in [0.5, 0.6) is 0 Å². The molecular weight excluding hydrogens is 384 g/mol. The molecule has 0 saturated heterocycles. The van der Waals surface area contributed by atoms with Gasteiger partial charge in [0.1, 0.15) is 24.8 Å². The lowest BCUT2D eigenvalue weighted by molar-refractivity contribution is -0.870. The first kappa shape index (κ1) is 25.6. The van der Waals surface area contributed by atoms with Crippen LogP contribution in [-0.2, 0) is 26.2 Å². The molecule has 6 nitrogen and oxygen atoms in total. The van der Waals surface area contributed by atoms with E-state index in [1.807, 2.05) is 0 Å². The van der Waals surface area contributed by atoms with Gasteiger partial charge in [0.25, 0.3) is 0 Å². The lowest BCUT2D eigenvalue weighted by atomic mass is 10.2. The van der Waals surface area contributed by atoms with Gasteiger partial charge in [0.05, 0.1) is 81.6 Å². The summed E-state index contributed by atoms with van der Waals surface area (Å²) in [5.74, 6) is 0. The molecular formula is C25H50N6+4. The summed E-state index contributed by atoms with van der Waals surface area (Å²) in [5, 5.41) is 0. The van der Waals surface area contributed by atoms with Crippen LogP contribution in [0.25, 0.3) is 0 Å². The largest absolute Gasteiger partial charge is 0.331 e. The molecule has 6 heteroatoms. The Labute approximate surface area is 191 Å². The average molecular weight is 435 g/mol. The van der Waals surface area contributed by atoms with Gasteiger partial charge in [-0.2, -0.15) is 0 Å². The summed E-state index contributed by atoms with van der Waals surface area (Å²) in [5.41, 5.74) is 0. The van der Waals surface area contributed by atoms with Crippen molar-refractivity contribution >= 4 is 0 Å². The monoisotopic (exact) mass is 434 g/mol. The van der Waals surface area contributed by atoms with E-state index in [4.69, 9.17) is 0 Å². The van der Waals surface area contributed by atoms with E-state index in [2.05, 4.69) is 98.0 Å². The molecule has 0 unspecified atom stereocenters. The topological polar surface area (TPSA) is 17.6 Å². The third-order valence-electron chi connectivity index (χ3n) is 5.82. The van der Waals surface area contributed by atoms with E-state index in [0.29, 0.717) is 0 Å². The second-order valence-electron chi connectivity index (χ2n) is 11.3. The molecule has 0 aliphatic rings. The molecule has 0 aromatic carbocycles. The number of rotatable bonds is 16. The Morgan fingerprint density at radius 1 is 0.548 bits per heavy atom. The zero-order chi connectivity index (χ0) is 22.7. The third kappa shape index (κ3) is 12.1. The molecule has 176 valence electrons. The van der Waals surface area contributed by atoms with E-state index in [0.717, 1.165) is 41.6 Å². The molecule has 2 rings (SSSR count). The van der Waals surface area contributed by atoms with Gasteiger partial charge in [0.15, 0.2) is 0 Å². The number of nitrogens with zero attached hydrogens (tertiary/aromatic N) is 6. The van der Waals surface area contributed by atoms with Crippen molar-refractivity contribution < 1.29 is 18.1 Å². The zero-order valence-electron chi connectivity index (χ0n) is 21.3. The van der Waals surface area contributed by atoms with Gasteiger partial charge in [-0.1, -0.05) is 0 Å². The summed E-state index contributed by atoms with van der Waals surface area (Å²) >= 11 is 0. The smallest absolute Gasteiger partial charge is 0.243 e. The normalized spacial score (nSPS) is 12.6. The van der Waals surface area contributed by atoms with Crippen LogP contribution in [0, 0.1) is 0 Å². The molecule has 0 bridgehead atoms. The van der Waals surface area contributed by atoms with Crippen molar-refractivity contribution in [1.29, 1.82) is 0 Å². The number of hydrogen-bond acceptors (Lipinski definition) is 0. The Bertz CT molecular complexity index is 670. The van der Waals surface area contributed by atoms with E-state index in [-0.39, 0.29) is 0 Å². The molecule has 0 saturated carbocycles. The quantitative estimate of drug-likeness (QED) is 0.220. The lowest BCUT2D eigenvalue weighted by Gasteiger charge is -2.23. The summed E-state index contributed by atoms with van der Waals surface area (Å²) in [4.78, 5) is 0. The maximum atomic E-state index is 2.34. The van der Waals surface area contributed by atoms with Crippen LogP contribution < -0.4 is 9.13 Å². The fourth-order valence-corrected chi connectivity index (χ4v) is 3.96. The first-order valence-electron chi connectivity index (χ1n) is 12.3. The van der Waals surface area contributed by atoms with Crippen molar-refractivity contribution in [3.8, 4) is 0 Å². The van der Waals surface area contributed by atoms with Crippen molar-refractivity contribution in [3.63, 3.8) is 0 Å². The van der Waals surface area contributed by atoms with Crippen molar-refractivity contribution in [2.45, 2.75) is 71.1 Å². The van der Waals surface area contributed by atoms with Crippen molar-refractivity contribution in [2.24, 2.45) is 0 Å². The predicted octanol–water partition coefficient (Wildman–Crippen LogP) is 2.71. The molecule has 2 aromatic heterocycles. The minimum Gasteiger partial charge on any atom is -0.331 e. The van der Waals surface area contributed by atoms with Crippen LogP contribution in [0.3, 0.4) is 0 Å². The minimum atomic E-state index is 1.07. The predicted molar refractivity (Wildman–Crippen MR) is 127 cm³/mol. The molecule has 2 aromatic rings. The van der Waals surface area contributed by atoms with Crippen molar-refractivity contribution in [3.05, 3.63) is 37.4 Å². The summed E-state index contributed by atoms with van der Waals surface area (Å²) in [6.07, 6.45) is 22.4. The van der Waals surface area contributed by atoms with Crippen LogP contribution in [0.4, 0.5) is 0 Å². The first-order valence-corrected chi connectivity index (χ1v) is 12.3. The summed E-state index contributed by atoms with van der Waals surface area (Å²) in [6.45, 7) is 6.96. The Balaban J connectivity index is 1.57. The SMILES string of the molecule is C[N+](C)(C)CCCCCn1cc[n+](CCC[n+]2ccn(CCCCC[N+](C)(C)C)c2)c1. The standard InChI is InChI=1S/C25H50N6/c1-30(2,3)22-11-7-9-14-26-18-20-28(24-26)16-13-17-29-21-19-27(25-29)15-10-8-12-23-31(4,5)6/h18-21,24-25H,7-17,22-23H2,1-6H3/q+4. The summed E-state index contributed by atoms with van der Waals surface area (Å²) in [6, 6.07) is 0. The van der Waals surface area contributed by atoms with Gasteiger partial charge in [-0.05, 0) is 38.5 Å². The van der Waals surface area contributed by atoms with Crippen LogP contribution in [-0.4, -0.2) is 73.5 Å². The Morgan fingerprint density at radius 3 is 1.35 bits per heavy atom. The van der Waals surface area contributed by atoms with Gasteiger partial charge in [0, 0.05) is 6.42 Å². The van der Waals surface area contributed by atoms with E-state index in [9.17, 15) is 0 Å². The number of quaternary nitrogens is 2. The van der Waals surface area contributed by atoms with Crippen LogP contribution >= 0.6 is 0 Å². The lowest BCUT2D eigenvalue weighted by Crippen LogP contribution is -2.37. The Morgan fingerprint density at radius 2 is 0.968 bits per heavy atom. The average Bonchev–Trinajstić information content (AvgIpc) is 3.29. The second kappa shape index (κ2) is 12.4. The molecule has 0 N–H and O–H groups in total. The van der Waals surface area contributed by atoms with Crippen molar-refractivity contribution in [1.82, 2.24) is 9.13 Å². The molecule has 0 atom stereocenters. The zero-order valence-corrected chi connectivity index (χ0v) is 21.3. The van der Waals surface area contributed by atoms with Crippen molar-refractivity contribution in [2.75, 3.05) is 55.4 Å².